The Morgan fingerprint density at radius 3 is 2.18 bits per heavy atom. The van der Waals surface area contributed by atoms with E-state index in [0.717, 1.165) is 5.46 Å². The smallest absolute Gasteiger partial charge is 0.399 e. The number of rotatable bonds is 2. The van der Waals surface area contributed by atoms with E-state index in [9.17, 15) is 0 Å². The number of nitrogens with two attached hydrogens (primary N) is 1. The number of nitrogens with zero attached hydrogens (tertiary/aromatic N) is 2. The Morgan fingerprint density at radius 2 is 1.68 bits per heavy atom. The molecular formula is C16H18BN3O2. The molecular weight excluding hydrogens is 277 g/mol. The number of anilines is 1. The lowest BCUT2D eigenvalue weighted by atomic mass is 9.78. The predicted octanol–water partition coefficient (Wildman–Crippen LogP) is 2.00. The number of allylic oxidation sites excluding steroid dienone is 1. The molecule has 0 aliphatic carbocycles. The molecule has 0 unspecified atom stereocenters. The second kappa shape index (κ2) is 5.49. The number of hydrogen-bond donors (Lipinski definition) is 1. The monoisotopic (exact) mass is 295 g/mol. The lowest BCUT2D eigenvalue weighted by Gasteiger charge is -2.32. The summed E-state index contributed by atoms with van der Waals surface area (Å²) >= 11 is 0. The Kier molecular flexibility index (Phi) is 4.02. The van der Waals surface area contributed by atoms with Gasteiger partial charge < -0.3 is 15.0 Å². The molecule has 1 aliphatic rings. The molecule has 1 heterocycles. The number of nitriles is 2. The molecule has 1 aromatic rings. The fraction of sp³-hybridized carbons (Fsp3) is 0.375. The van der Waals surface area contributed by atoms with E-state index in [1.807, 2.05) is 45.9 Å². The van der Waals surface area contributed by atoms with Crippen LogP contribution in [0.25, 0.3) is 6.08 Å². The summed E-state index contributed by atoms with van der Waals surface area (Å²) in [7, 11) is -0.509. The van der Waals surface area contributed by atoms with Crippen LogP contribution < -0.4 is 11.2 Å². The number of benzene rings is 1. The first kappa shape index (κ1) is 16.1. The van der Waals surface area contributed by atoms with E-state index in [-0.39, 0.29) is 5.57 Å². The van der Waals surface area contributed by atoms with E-state index in [4.69, 9.17) is 25.6 Å². The van der Waals surface area contributed by atoms with Crippen molar-refractivity contribution in [2.75, 3.05) is 5.73 Å². The maximum atomic E-state index is 8.87. The van der Waals surface area contributed by atoms with Gasteiger partial charge in [0, 0.05) is 5.69 Å². The average molecular weight is 295 g/mol. The summed E-state index contributed by atoms with van der Waals surface area (Å²) in [6.07, 6.45) is 1.46. The molecule has 22 heavy (non-hydrogen) atoms. The first-order valence-corrected chi connectivity index (χ1v) is 6.97. The van der Waals surface area contributed by atoms with E-state index < -0.39 is 18.3 Å². The molecule has 6 heteroatoms. The van der Waals surface area contributed by atoms with Gasteiger partial charge in [-0.05, 0) is 50.9 Å². The molecule has 0 atom stereocenters. The zero-order valence-electron chi connectivity index (χ0n) is 13.2. The maximum absolute atomic E-state index is 8.87. The van der Waals surface area contributed by atoms with Crippen molar-refractivity contribution in [1.82, 2.24) is 0 Å². The van der Waals surface area contributed by atoms with E-state index in [1.54, 1.807) is 12.1 Å². The third-order valence-electron chi connectivity index (χ3n) is 4.18. The van der Waals surface area contributed by atoms with Crippen molar-refractivity contribution in [2.45, 2.75) is 38.9 Å². The van der Waals surface area contributed by atoms with Gasteiger partial charge in [-0.1, -0.05) is 12.1 Å². The Labute approximate surface area is 131 Å². The van der Waals surface area contributed by atoms with Crippen LogP contribution in [0, 0.1) is 22.7 Å². The topological polar surface area (TPSA) is 92.1 Å². The Bertz CT molecular complexity index is 679. The van der Waals surface area contributed by atoms with Gasteiger partial charge in [0.05, 0.1) is 11.2 Å². The van der Waals surface area contributed by atoms with Crippen LogP contribution in [-0.4, -0.2) is 18.3 Å². The molecule has 112 valence electrons. The molecule has 1 aliphatic heterocycles. The van der Waals surface area contributed by atoms with Crippen molar-refractivity contribution in [3.63, 3.8) is 0 Å². The van der Waals surface area contributed by atoms with Crippen LogP contribution in [0.4, 0.5) is 5.69 Å². The summed E-state index contributed by atoms with van der Waals surface area (Å²) in [6.45, 7) is 7.92. The molecule has 1 aromatic carbocycles. The zero-order chi connectivity index (χ0) is 16.5. The standard InChI is InChI=1S/C16H18BN3O2/c1-15(2)16(3,4)22-17(21-15)13-5-6-14(20)12(8-13)7-11(9-18)10-19/h5-8H,20H2,1-4H3. The van der Waals surface area contributed by atoms with E-state index >= 15 is 0 Å². The third kappa shape index (κ3) is 2.85. The molecule has 1 saturated heterocycles. The van der Waals surface area contributed by atoms with Crippen LogP contribution in [0.1, 0.15) is 33.3 Å². The van der Waals surface area contributed by atoms with Crippen LogP contribution in [0.3, 0.4) is 0 Å². The predicted molar refractivity (Wildman–Crippen MR) is 85.8 cm³/mol. The molecule has 0 amide bonds. The fourth-order valence-electron chi connectivity index (χ4n) is 2.09. The average Bonchev–Trinajstić information content (AvgIpc) is 2.66. The Balaban J connectivity index is 2.39. The van der Waals surface area contributed by atoms with Crippen molar-refractivity contribution in [3.05, 3.63) is 29.3 Å². The van der Waals surface area contributed by atoms with Gasteiger partial charge in [0.25, 0.3) is 0 Å². The highest BCUT2D eigenvalue weighted by molar-refractivity contribution is 6.62. The van der Waals surface area contributed by atoms with Crippen LogP contribution in [0.2, 0.25) is 0 Å². The van der Waals surface area contributed by atoms with Gasteiger partial charge in [-0.3, -0.25) is 0 Å². The normalized spacial score (nSPS) is 18.4. The van der Waals surface area contributed by atoms with Crippen molar-refractivity contribution in [1.29, 1.82) is 10.5 Å². The zero-order valence-corrected chi connectivity index (χ0v) is 13.2. The first-order chi connectivity index (χ1) is 10.2. The highest BCUT2D eigenvalue weighted by Crippen LogP contribution is 2.36. The van der Waals surface area contributed by atoms with Gasteiger partial charge in [-0.2, -0.15) is 10.5 Å². The second-order valence-electron chi connectivity index (χ2n) is 6.26. The summed E-state index contributed by atoms with van der Waals surface area (Å²) in [6, 6.07) is 8.98. The molecule has 5 nitrogen and oxygen atoms in total. The Morgan fingerprint density at radius 1 is 1.14 bits per heavy atom. The lowest BCUT2D eigenvalue weighted by Crippen LogP contribution is -2.41. The maximum Gasteiger partial charge on any atom is 0.494 e. The first-order valence-electron chi connectivity index (χ1n) is 6.97. The molecule has 0 spiro atoms. The van der Waals surface area contributed by atoms with Crippen LogP contribution in [0.15, 0.2) is 23.8 Å². The van der Waals surface area contributed by atoms with E-state index in [0.29, 0.717) is 11.3 Å². The highest BCUT2D eigenvalue weighted by atomic mass is 16.7. The van der Waals surface area contributed by atoms with E-state index in [1.165, 1.54) is 6.08 Å². The van der Waals surface area contributed by atoms with Gasteiger partial charge in [-0.25, -0.2) is 0 Å². The van der Waals surface area contributed by atoms with Crippen LogP contribution in [-0.2, 0) is 9.31 Å². The molecule has 0 radical (unpaired) electrons. The summed E-state index contributed by atoms with van der Waals surface area (Å²) in [5.41, 5.74) is 6.93. The minimum atomic E-state index is -0.509. The summed E-state index contributed by atoms with van der Waals surface area (Å²) < 4.78 is 12.0. The number of nitrogen functional groups attached to an aromatic ring is 1. The molecule has 0 bridgehead atoms. The minimum absolute atomic E-state index is 0.00207. The molecule has 2 rings (SSSR count). The van der Waals surface area contributed by atoms with E-state index in [2.05, 4.69) is 0 Å². The van der Waals surface area contributed by atoms with Gasteiger partial charge in [0.15, 0.2) is 0 Å². The van der Waals surface area contributed by atoms with Crippen LogP contribution in [0.5, 0.6) is 0 Å². The molecule has 0 saturated carbocycles. The van der Waals surface area contributed by atoms with Crippen molar-refractivity contribution >= 4 is 24.3 Å². The Hall–Kier alpha value is -2.28. The number of hydrogen-bond acceptors (Lipinski definition) is 5. The molecule has 1 fully saturated rings. The summed E-state index contributed by atoms with van der Waals surface area (Å²) in [5, 5.41) is 17.7. The third-order valence-corrected chi connectivity index (χ3v) is 4.18. The second-order valence-corrected chi connectivity index (χ2v) is 6.26. The summed E-state index contributed by atoms with van der Waals surface area (Å²) in [4.78, 5) is 0. The van der Waals surface area contributed by atoms with Crippen molar-refractivity contribution < 1.29 is 9.31 Å². The minimum Gasteiger partial charge on any atom is -0.399 e. The summed E-state index contributed by atoms with van der Waals surface area (Å²) in [5.74, 6) is 0. The largest absolute Gasteiger partial charge is 0.494 e. The van der Waals surface area contributed by atoms with Gasteiger partial charge in [0.1, 0.15) is 17.7 Å². The fourth-order valence-corrected chi connectivity index (χ4v) is 2.09. The van der Waals surface area contributed by atoms with Gasteiger partial charge >= 0.3 is 7.12 Å². The SMILES string of the molecule is CC1(C)OB(c2ccc(N)c(C=C(C#N)C#N)c2)OC1(C)C. The van der Waals surface area contributed by atoms with Crippen molar-refractivity contribution in [2.24, 2.45) is 0 Å². The molecule has 2 N–H and O–H groups in total. The van der Waals surface area contributed by atoms with Crippen LogP contribution >= 0.6 is 0 Å². The van der Waals surface area contributed by atoms with Gasteiger partial charge in [0.2, 0.25) is 0 Å². The van der Waals surface area contributed by atoms with Crippen molar-refractivity contribution in [3.8, 4) is 12.1 Å². The lowest BCUT2D eigenvalue weighted by molar-refractivity contribution is 0.00578. The molecule has 0 aromatic heterocycles. The quantitative estimate of drug-likeness (QED) is 0.512. The highest BCUT2D eigenvalue weighted by Gasteiger charge is 2.51. The van der Waals surface area contributed by atoms with Gasteiger partial charge in [-0.15, -0.1) is 0 Å².